The summed E-state index contributed by atoms with van der Waals surface area (Å²) in [5.74, 6) is 1.08. The minimum Gasteiger partial charge on any atom is -0.496 e. The Morgan fingerprint density at radius 1 is 1.19 bits per heavy atom. The molecular formula is C17H21NO2S. The van der Waals surface area contributed by atoms with Crippen LogP contribution < -0.4 is 4.74 Å². The number of amides is 1. The van der Waals surface area contributed by atoms with E-state index in [1.807, 2.05) is 42.8 Å². The molecule has 0 aliphatic rings. The van der Waals surface area contributed by atoms with E-state index in [4.69, 9.17) is 4.74 Å². The first kappa shape index (κ1) is 15.6. The summed E-state index contributed by atoms with van der Waals surface area (Å²) in [6.07, 6.45) is 2.21. The van der Waals surface area contributed by atoms with E-state index in [0.717, 1.165) is 24.2 Å². The zero-order valence-electron chi connectivity index (χ0n) is 12.5. The summed E-state index contributed by atoms with van der Waals surface area (Å²) in [6.45, 7) is 0.712. The highest BCUT2D eigenvalue weighted by atomic mass is 32.1. The Bertz CT molecular complexity index is 566. The van der Waals surface area contributed by atoms with Gasteiger partial charge in [-0.2, -0.15) is 0 Å². The maximum Gasteiger partial charge on any atom is 0.222 e. The van der Waals surface area contributed by atoms with Gasteiger partial charge in [-0.1, -0.05) is 24.3 Å². The molecule has 21 heavy (non-hydrogen) atoms. The van der Waals surface area contributed by atoms with Gasteiger partial charge in [0.2, 0.25) is 5.91 Å². The molecule has 3 nitrogen and oxygen atoms in total. The first-order valence-electron chi connectivity index (χ1n) is 7.09. The number of aryl methyl sites for hydroxylation is 1. The molecular weight excluding hydrogens is 282 g/mol. The Morgan fingerprint density at radius 3 is 2.71 bits per heavy atom. The lowest BCUT2D eigenvalue weighted by atomic mass is 10.1. The number of hydrogen-bond acceptors (Lipinski definition) is 3. The lowest BCUT2D eigenvalue weighted by molar-refractivity contribution is -0.129. The fourth-order valence-electron chi connectivity index (χ4n) is 2.20. The molecule has 112 valence electrons. The van der Waals surface area contributed by atoms with Crippen LogP contribution in [0.25, 0.3) is 0 Å². The number of methoxy groups -OCH3 is 1. The van der Waals surface area contributed by atoms with Crippen molar-refractivity contribution in [3.63, 3.8) is 0 Å². The molecule has 1 aromatic carbocycles. The van der Waals surface area contributed by atoms with Gasteiger partial charge in [0.05, 0.1) is 7.11 Å². The second-order valence-corrected chi connectivity index (χ2v) is 5.99. The number of ether oxygens (including phenoxy) is 1. The lowest BCUT2D eigenvalue weighted by Gasteiger charge is -2.18. The Kier molecular flexibility index (Phi) is 5.81. The predicted octanol–water partition coefficient (Wildman–Crippen LogP) is 3.39. The first-order chi connectivity index (χ1) is 10.2. The van der Waals surface area contributed by atoms with Crippen LogP contribution in [0.1, 0.15) is 16.9 Å². The maximum absolute atomic E-state index is 12.1. The van der Waals surface area contributed by atoms with Crippen molar-refractivity contribution in [1.82, 2.24) is 4.90 Å². The highest BCUT2D eigenvalue weighted by Gasteiger charge is 2.10. The first-order valence-corrected chi connectivity index (χ1v) is 7.97. The van der Waals surface area contributed by atoms with Gasteiger partial charge in [-0.3, -0.25) is 4.79 Å². The molecule has 4 heteroatoms. The van der Waals surface area contributed by atoms with E-state index in [2.05, 4.69) is 6.07 Å². The van der Waals surface area contributed by atoms with Gasteiger partial charge in [-0.05, 0) is 35.9 Å². The van der Waals surface area contributed by atoms with Crippen LogP contribution in [0.4, 0.5) is 0 Å². The summed E-state index contributed by atoms with van der Waals surface area (Å²) in [5.41, 5.74) is 1.14. The Balaban J connectivity index is 1.80. The molecule has 0 radical (unpaired) electrons. The lowest BCUT2D eigenvalue weighted by Crippen LogP contribution is -2.29. The topological polar surface area (TPSA) is 29.5 Å². The second kappa shape index (κ2) is 7.84. The molecule has 0 aliphatic heterocycles. The molecule has 0 unspecified atom stereocenters. The SMILES string of the molecule is COc1ccccc1CCN(C)C(=O)CCc1cccs1. The molecule has 2 aromatic rings. The van der Waals surface area contributed by atoms with Crippen LogP contribution in [0.15, 0.2) is 41.8 Å². The molecule has 1 amide bonds. The van der Waals surface area contributed by atoms with Crippen LogP contribution in [0.5, 0.6) is 5.75 Å². The van der Waals surface area contributed by atoms with Crippen LogP contribution in [0.3, 0.4) is 0 Å². The summed E-state index contributed by atoms with van der Waals surface area (Å²) in [7, 11) is 3.54. The molecule has 0 N–H and O–H groups in total. The summed E-state index contributed by atoms with van der Waals surface area (Å²) in [6, 6.07) is 12.0. The summed E-state index contributed by atoms with van der Waals surface area (Å²) >= 11 is 1.70. The second-order valence-electron chi connectivity index (χ2n) is 4.96. The smallest absolute Gasteiger partial charge is 0.222 e. The standard InChI is InChI=1S/C17H21NO2S/c1-18(17(19)10-9-15-7-5-13-21-15)12-11-14-6-3-4-8-16(14)20-2/h3-8,13H,9-12H2,1-2H3. The Labute approximate surface area is 130 Å². The number of para-hydroxylation sites is 1. The average molecular weight is 303 g/mol. The number of nitrogens with zero attached hydrogens (tertiary/aromatic N) is 1. The Morgan fingerprint density at radius 2 is 2.00 bits per heavy atom. The van der Waals surface area contributed by atoms with Gasteiger partial charge in [0.1, 0.15) is 5.75 Å². The normalized spacial score (nSPS) is 10.4. The molecule has 0 fully saturated rings. The van der Waals surface area contributed by atoms with Crippen molar-refractivity contribution in [2.24, 2.45) is 0 Å². The number of hydrogen-bond donors (Lipinski definition) is 0. The fraction of sp³-hybridized carbons (Fsp3) is 0.353. The van der Waals surface area contributed by atoms with Gasteiger partial charge in [0.25, 0.3) is 0 Å². The van der Waals surface area contributed by atoms with Crippen LogP contribution in [-0.2, 0) is 17.6 Å². The molecule has 0 saturated heterocycles. The van der Waals surface area contributed by atoms with E-state index in [0.29, 0.717) is 13.0 Å². The number of rotatable bonds is 7. The van der Waals surface area contributed by atoms with Crippen molar-refractivity contribution < 1.29 is 9.53 Å². The largest absolute Gasteiger partial charge is 0.496 e. The molecule has 0 saturated carbocycles. The fourth-order valence-corrected chi connectivity index (χ4v) is 2.91. The zero-order chi connectivity index (χ0) is 15.1. The van der Waals surface area contributed by atoms with Gasteiger partial charge in [-0.25, -0.2) is 0 Å². The molecule has 0 atom stereocenters. The number of carbonyl (C=O) groups excluding carboxylic acids is 1. The average Bonchev–Trinajstić information content (AvgIpc) is 3.03. The molecule has 0 bridgehead atoms. The monoisotopic (exact) mass is 303 g/mol. The van der Waals surface area contributed by atoms with Crippen molar-refractivity contribution in [3.05, 3.63) is 52.2 Å². The van der Waals surface area contributed by atoms with Crippen molar-refractivity contribution in [2.45, 2.75) is 19.3 Å². The number of carbonyl (C=O) groups is 1. The van der Waals surface area contributed by atoms with Crippen LogP contribution in [0, 0.1) is 0 Å². The number of benzene rings is 1. The third kappa shape index (κ3) is 4.60. The van der Waals surface area contributed by atoms with E-state index < -0.39 is 0 Å². The summed E-state index contributed by atoms with van der Waals surface area (Å²) < 4.78 is 5.33. The third-order valence-electron chi connectivity index (χ3n) is 3.50. The molecule has 2 rings (SSSR count). The van der Waals surface area contributed by atoms with E-state index in [1.54, 1.807) is 23.3 Å². The number of thiophene rings is 1. The van der Waals surface area contributed by atoms with E-state index in [9.17, 15) is 4.79 Å². The molecule has 0 spiro atoms. The molecule has 0 aliphatic carbocycles. The highest BCUT2D eigenvalue weighted by molar-refractivity contribution is 7.09. The van der Waals surface area contributed by atoms with E-state index in [-0.39, 0.29) is 5.91 Å². The third-order valence-corrected chi connectivity index (χ3v) is 4.44. The molecule has 1 aromatic heterocycles. The van der Waals surface area contributed by atoms with Crippen molar-refractivity contribution in [1.29, 1.82) is 0 Å². The predicted molar refractivity (Wildman–Crippen MR) is 87.0 cm³/mol. The van der Waals surface area contributed by atoms with Gasteiger partial charge < -0.3 is 9.64 Å². The van der Waals surface area contributed by atoms with Crippen molar-refractivity contribution in [2.75, 3.05) is 20.7 Å². The van der Waals surface area contributed by atoms with E-state index >= 15 is 0 Å². The van der Waals surface area contributed by atoms with Gasteiger partial charge >= 0.3 is 0 Å². The maximum atomic E-state index is 12.1. The van der Waals surface area contributed by atoms with Gasteiger partial charge in [0.15, 0.2) is 0 Å². The highest BCUT2D eigenvalue weighted by Crippen LogP contribution is 2.18. The van der Waals surface area contributed by atoms with Crippen LogP contribution in [-0.4, -0.2) is 31.5 Å². The number of likely N-dealkylation sites (N-methyl/N-ethyl adjacent to an activating group) is 1. The Hall–Kier alpha value is -1.81. The summed E-state index contributed by atoms with van der Waals surface area (Å²) in [5, 5.41) is 2.05. The quantitative estimate of drug-likeness (QED) is 0.784. The van der Waals surface area contributed by atoms with E-state index in [1.165, 1.54) is 4.88 Å². The van der Waals surface area contributed by atoms with Crippen molar-refractivity contribution in [3.8, 4) is 5.75 Å². The van der Waals surface area contributed by atoms with Crippen LogP contribution in [0.2, 0.25) is 0 Å². The summed E-state index contributed by atoms with van der Waals surface area (Å²) in [4.78, 5) is 15.2. The van der Waals surface area contributed by atoms with Crippen molar-refractivity contribution >= 4 is 17.2 Å². The minimum absolute atomic E-state index is 0.193. The van der Waals surface area contributed by atoms with Gasteiger partial charge in [-0.15, -0.1) is 11.3 Å². The van der Waals surface area contributed by atoms with Crippen LogP contribution >= 0.6 is 11.3 Å². The van der Waals surface area contributed by atoms with Gasteiger partial charge in [0, 0.05) is 24.9 Å². The minimum atomic E-state index is 0.193. The zero-order valence-corrected chi connectivity index (χ0v) is 13.4. The molecule has 1 heterocycles.